The van der Waals surface area contributed by atoms with E-state index in [1.54, 1.807) is 127 Å². The Kier molecular flexibility index (Phi) is 44.4. The minimum absolute atomic E-state index is 0. The van der Waals surface area contributed by atoms with Crippen LogP contribution in [0.4, 0.5) is 8.78 Å². The first-order valence-corrected chi connectivity index (χ1v) is 45.5. The topological polar surface area (TPSA) is 276 Å². The second-order valence-electron chi connectivity index (χ2n) is 29.5. The molecule has 0 saturated heterocycles. The van der Waals surface area contributed by atoms with E-state index in [-0.39, 0.29) is 207 Å². The molecule has 17 nitrogen and oxygen atoms in total. The van der Waals surface area contributed by atoms with Crippen molar-refractivity contribution in [2.24, 2.45) is 0 Å². The summed E-state index contributed by atoms with van der Waals surface area (Å²) in [6, 6.07) is 94.6. The summed E-state index contributed by atoms with van der Waals surface area (Å²) in [6.07, 6.45) is 0. The summed E-state index contributed by atoms with van der Waals surface area (Å²) in [5, 5.41) is 70.1. The average molecular weight is 2020 g/mol. The Morgan fingerprint density at radius 2 is 0.681 bits per heavy atom. The Hall–Kier alpha value is -9.79. The zero-order valence-electron chi connectivity index (χ0n) is 75.2. The Labute approximate surface area is 936 Å². The predicted molar refractivity (Wildman–Crippen MR) is 510 cm³/mol. The molecule has 0 atom stereocenters. The van der Waals surface area contributed by atoms with Crippen LogP contribution in [-0.2, 0) is 33.0 Å². The standard InChI is InChI=1S/C31H25NO2S.C26H19ClF2O4S.2C25H17ClO5S.5Na/c33-31(32-19-23-9-3-1-4-10-23)26-17-15-25(16-18-26)28-21-35-22-29(28)27-13-7-8-14-30(27)34-20-24-11-5-2-6-12-24;1-15-12-17(25(30)31)4-8-20(15)24-21(10-11-34-24)22-13-18(27)5-9-23(22)32-14-16-2-6-19(7-3-16)33-26(28)29;26-19-9-10-22(31-14-15-1-3-17(4-2-15)24(27)28)21(13-19)20-11-12-32-23(20)16-5-7-18(8-6-16)25(29)30;26-19-8-9-22(31-14-15-4-6-16(7-5-15)24(27)28)21(13-19)20-10-11-32-23(20)17-2-1-3-18(12-17)25(29)30;;;;;/h1-18,21-22H,19-20H2,(H,32,33);2-13,26H,14H2,1H3,(H,30,31);2*1-13H,14H2,(H,27,28)(H,29,30);;;;;/q;;;;5*+1/p-5. The maximum Gasteiger partial charge on any atom is 1.00 e. The molecule has 17 aromatic rings. The van der Waals surface area contributed by atoms with Crippen LogP contribution in [0.3, 0.4) is 0 Å². The smallest absolute Gasteiger partial charge is 0.545 e. The fraction of sp³-hybridized carbons (Fsp3) is 0.0654. The van der Waals surface area contributed by atoms with E-state index in [0.29, 0.717) is 51.0 Å². The number of ether oxygens (including phenoxy) is 5. The number of carbonyl (C=O) groups excluding carboxylic acids is 6. The summed E-state index contributed by atoms with van der Waals surface area (Å²) in [6.45, 7) is 0.674. The van der Waals surface area contributed by atoms with Gasteiger partial charge in [0.25, 0.3) is 5.91 Å². The molecule has 0 spiro atoms. The van der Waals surface area contributed by atoms with Crippen LogP contribution < -0.4 is 202 Å². The monoisotopic (exact) mass is 2010 g/mol. The number of carboxylic acid groups (broad SMARTS) is 5. The number of carboxylic acids is 5. The Morgan fingerprint density at radius 3 is 1.14 bits per heavy atom. The minimum Gasteiger partial charge on any atom is -0.545 e. The normalized spacial score (nSPS) is 10.3. The fourth-order valence-corrected chi connectivity index (χ4v) is 18.2. The molecular formula is C107H73Cl3F2NNa5O16S4. The number of nitrogens with one attached hydrogen (secondary N) is 1. The van der Waals surface area contributed by atoms with Crippen LogP contribution in [0.1, 0.15) is 95.5 Å². The Balaban J connectivity index is 0.000000204. The SMILES string of the molecule is Cc1cc(C(=O)[O-])ccc1-c1sccc1-c1cc(Cl)ccc1OCc1ccc(OC(F)F)cc1.O=C(NCc1ccccc1)c1ccc(-c2cscc2-c2ccccc2OCc2ccccc2)cc1.O=C([O-])c1ccc(COc2ccc(Cl)cc2-c2ccsc2-c2ccc(C(=O)[O-])cc2)cc1.O=C([O-])c1ccc(COc2ccc(Cl)cc2-c2ccsc2-c2cccc(C(=O)[O-])c2)cc1.[Na+].[Na+].[Na+].[Na+].[Na+]. The quantitative estimate of drug-likeness (QED) is 0.0433. The van der Waals surface area contributed by atoms with Gasteiger partial charge in [-0.05, 0) is 233 Å². The number of halogens is 5. The van der Waals surface area contributed by atoms with Gasteiger partial charge in [-0.25, -0.2) is 0 Å². The van der Waals surface area contributed by atoms with Crippen LogP contribution >= 0.6 is 80.1 Å². The molecule has 13 aromatic carbocycles. The molecule has 0 radical (unpaired) electrons. The van der Waals surface area contributed by atoms with Crippen LogP contribution in [0.2, 0.25) is 15.1 Å². The van der Waals surface area contributed by atoms with Gasteiger partial charge in [0.15, 0.2) is 0 Å². The van der Waals surface area contributed by atoms with Crippen molar-refractivity contribution in [2.75, 3.05) is 0 Å². The number of amides is 1. The second kappa shape index (κ2) is 54.8. The zero-order valence-corrected chi connectivity index (χ0v) is 90.7. The molecule has 0 aliphatic carbocycles. The van der Waals surface area contributed by atoms with E-state index in [1.807, 2.05) is 150 Å². The summed E-state index contributed by atoms with van der Waals surface area (Å²) in [5.74, 6) is -3.48. The van der Waals surface area contributed by atoms with E-state index in [0.717, 1.165) is 126 Å². The third-order valence-electron chi connectivity index (χ3n) is 20.7. The van der Waals surface area contributed by atoms with E-state index in [2.05, 4.69) is 39.0 Å². The predicted octanol–water partition coefficient (Wildman–Crippen LogP) is 7.28. The summed E-state index contributed by atoms with van der Waals surface area (Å²) in [4.78, 5) is 70.7. The number of carbonyl (C=O) groups is 6. The fourth-order valence-electron chi connectivity index (χ4n) is 14.0. The van der Waals surface area contributed by atoms with Gasteiger partial charge in [-0.1, -0.05) is 241 Å². The maximum atomic E-state index is 12.6. The summed E-state index contributed by atoms with van der Waals surface area (Å²) in [7, 11) is 0. The number of aryl methyl sites for hydroxylation is 1. The van der Waals surface area contributed by atoms with Gasteiger partial charge in [-0.15, -0.1) is 34.0 Å². The molecule has 4 heterocycles. The van der Waals surface area contributed by atoms with E-state index in [9.17, 15) is 63.1 Å². The number of benzene rings is 13. The number of aromatic carboxylic acids is 5. The van der Waals surface area contributed by atoms with E-state index < -0.39 is 36.5 Å². The first-order valence-electron chi connectivity index (χ1n) is 40.8. The van der Waals surface area contributed by atoms with Gasteiger partial charge in [0.05, 0.1) is 29.8 Å². The molecule has 138 heavy (non-hydrogen) atoms. The van der Waals surface area contributed by atoms with Crippen LogP contribution in [0.25, 0.3) is 87.0 Å². The first-order chi connectivity index (χ1) is 64.4. The summed E-state index contributed by atoms with van der Waals surface area (Å²) >= 11 is 25.0. The summed E-state index contributed by atoms with van der Waals surface area (Å²) < 4.78 is 53.4. The van der Waals surface area contributed by atoms with Gasteiger partial charge in [0, 0.05) is 91.9 Å². The molecule has 0 aliphatic heterocycles. The van der Waals surface area contributed by atoms with Gasteiger partial charge in [-0.2, -0.15) is 20.1 Å². The number of thiophene rings is 4. The Bertz CT molecular complexity index is 6980. The van der Waals surface area contributed by atoms with Crippen molar-refractivity contribution in [1.82, 2.24) is 5.32 Å². The number of alkyl halides is 2. The third kappa shape index (κ3) is 30.6. The molecule has 0 fully saturated rings. The molecule has 1 N–H and O–H groups in total. The van der Waals surface area contributed by atoms with Gasteiger partial charge in [-0.3, -0.25) is 4.79 Å². The van der Waals surface area contributed by atoms with E-state index in [4.69, 9.17) is 53.8 Å². The average Bonchev–Trinajstić information content (AvgIpc) is 1.69. The van der Waals surface area contributed by atoms with Gasteiger partial charge >= 0.3 is 154 Å². The van der Waals surface area contributed by atoms with Crippen LogP contribution in [-0.4, -0.2) is 42.4 Å². The first kappa shape index (κ1) is 112. The van der Waals surface area contributed by atoms with Crippen molar-refractivity contribution in [3.05, 3.63) is 430 Å². The molecule has 17 rings (SSSR count). The molecule has 1 amide bonds. The second-order valence-corrected chi connectivity index (χ2v) is 34.3. The van der Waals surface area contributed by atoms with E-state index >= 15 is 0 Å². The van der Waals surface area contributed by atoms with Crippen molar-refractivity contribution in [1.29, 1.82) is 0 Å². The van der Waals surface area contributed by atoms with Crippen molar-refractivity contribution in [3.8, 4) is 116 Å². The molecule has 4 aromatic heterocycles. The third-order valence-corrected chi connectivity index (χ3v) is 25.0. The molecule has 0 aliphatic rings. The van der Waals surface area contributed by atoms with E-state index in [1.165, 1.54) is 94.7 Å². The number of hydrogen-bond donors (Lipinski definition) is 1. The largest absolute Gasteiger partial charge is 1.00 e. The van der Waals surface area contributed by atoms with Crippen LogP contribution in [0.15, 0.2) is 348 Å². The van der Waals surface area contributed by atoms with Crippen LogP contribution in [0.5, 0.6) is 28.7 Å². The molecule has 0 bridgehead atoms. The summed E-state index contributed by atoms with van der Waals surface area (Å²) in [5.41, 5.74) is 18.5. The van der Waals surface area contributed by atoms with Crippen molar-refractivity contribution >= 4 is 116 Å². The van der Waals surface area contributed by atoms with Crippen molar-refractivity contribution in [3.63, 3.8) is 0 Å². The number of para-hydroxylation sites is 1. The van der Waals surface area contributed by atoms with Crippen LogP contribution in [0, 0.1) is 6.92 Å². The molecular weight excluding hydrogens is 1940 g/mol. The molecule has 0 unspecified atom stereocenters. The Morgan fingerprint density at radius 1 is 0.312 bits per heavy atom. The maximum absolute atomic E-state index is 12.6. The van der Waals surface area contributed by atoms with Crippen molar-refractivity contribution in [2.45, 2.75) is 46.5 Å². The van der Waals surface area contributed by atoms with Gasteiger partial charge < -0.3 is 78.5 Å². The number of rotatable bonds is 30. The molecule has 666 valence electrons. The molecule has 31 heteroatoms. The molecule has 0 saturated carbocycles. The zero-order chi connectivity index (χ0) is 93.4. The minimum atomic E-state index is -2.88. The van der Waals surface area contributed by atoms with Gasteiger partial charge in [0.1, 0.15) is 55.2 Å². The number of hydrogen-bond acceptors (Lipinski definition) is 20. The van der Waals surface area contributed by atoms with Crippen molar-refractivity contribution < 1.29 is 235 Å². The van der Waals surface area contributed by atoms with Gasteiger partial charge in [0.2, 0.25) is 0 Å².